The number of carbonyl (C=O) groups excluding carboxylic acids is 1. The topological polar surface area (TPSA) is 91.3 Å². The van der Waals surface area contributed by atoms with Crippen molar-refractivity contribution < 1.29 is 14.6 Å². The van der Waals surface area contributed by atoms with Gasteiger partial charge >= 0.3 is 0 Å². The number of methoxy groups -OCH3 is 1. The number of benzene rings is 1. The van der Waals surface area contributed by atoms with Crippen LogP contribution in [-0.4, -0.2) is 63.7 Å². The molecule has 1 aliphatic rings. The first-order chi connectivity index (χ1) is 9.70. The summed E-state index contributed by atoms with van der Waals surface area (Å²) in [5, 5.41) is 20.3. The zero-order chi connectivity index (χ0) is 14.1. The summed E-state index contributed by atoms with van der Waals surface area (Å²) in [4.78, 5) is 14.3. The summed E-state index contributed by atoms with van der Waals surface area (Å²) < 4.78 is 5.12. The van der Waals surface area contributed by atoms with Crippen molar-refractivity contribution in [2.75, 3.05) is 20.3 Å². The standard InChI is InChI=1S/C13H16N4O3/c1-20-7-8-5-9(18)6-17(8)13(19)10-3-2-4-11-12(10)15-16-14-11/h2-4,8-9,18H,5-7H2,1H3,(H,14,15,16)/t8-,9+/m0/s1. The van der Waals surface area contributed by atoms with Gasteiger partial charge in [0.1, 0.15) is 11.0 Å². The van der Waals surface area contributed by atoms with Gasteiger partial charge in [-0.1, -0.05) is 6.07 Å². The molecule has 3 rings (SSSR count). The van der Waals surface area contributed by atoms with Gasteiger partial charge in [-0.15, -0.1) is 0 Å². The van der Waals surface area contributed by atoms with Crippen LogP contribution in [0.1, 0.15) is 16.8 Å². The number of likely N-dealkylation sites (tertiary alicyclic amines) is 1. The number of β-amino-alcohol motifs (C(OH)–C–C–N with tert-alkyl or cyclic N) is 1. The normalized spacial score (nSPS) is 22.6. The highest BCUT2D eigenvalue weighted by Gasteiger charge is 2.35. The van der Waals surface area contributed by atoms with Crippen LogP contribution in [0.5, 0.6) is 0 Å². The molecule has 0 radical (unpaired) electrons. The Morgan fingerprint density at radius 3 is 3.20 bits per heavy atom. The molecule has 1 amide bonds. The maximum atomic E-state index is 12.7. The lowest BCUT2D eigenvalue weighted by Gasteiger charge is -2.23. The van der Waals surface area contributed by atoms with Crippen LogP contribution in [0.4, 0.5) is 0 Å². The molecular formula is C13H16N4O3. The maximum Gasteiger partial charge on any atom is 0.256 e. The number of aromatic nitrogens is 3. The van der Waals surface area contributed by atoms with Crippen molar-refractivity contribution >= 4 is 16.9 Å². The Labute approximate surface area is 115 Å². The molecule has 0 unspecified atom stereocenters. The summed E-state index contributed by atoms with van der Waals surface area (Å²) in [6, 6.07) is 5.18. The number of H-pyrrole nitrogens is 1. The number of nitrogens with one attached hydrogen (secondary N) is 1. The molecule has 106 valence electrons. The molecule has 2 atom stereocenters. The van der Waals surface area contributed by atoms with Gasteiger partial charge in [0.2, 0.25) is 0 Å². The molecule has 1 saturated heterocycles. The Morgan fingerprint density at radius 1 is 1.55 bits per heavy atom. The number of nitrogens with zero attached hydrogens (tertiary/aromatic N) is 3. The van der Waals surface area contributed by atoms with Gasteiger partial charge in [-0.25, -0.2) is 0 Å². The van der Waals surface area contributed by atoms with Crippen molar-refractivity contribution in [3.63, 3.8) is 0 Å². The first-order valence-corrected chi connectivity index (χ1v) is 6.48. The van der Waals surface area contributed by atoms with Crippen molar-refractivity contribution in [2.24, 2.45) is 0 Å². The minimum absolute atomic E-state index is 0.107. The summed E-state index contributed by atoms with van der Waals surface area (Å²) in [7, 11) is 1.59. The van der Waals surface area contributed by atoms with Crippen LogP contribution in [-0.2, 0) is 4.74 Å². The molecule has 2 N–H and O–H groups in total. The Bertz CT molecular complexity index is 627. The molecule has 0 bridgehead atoms. The van der Waals surface area contributed by atoms with Crippen molar-refractivity contribution in [3.05, 3.63) is 23.8 Å². The SMILES string of the molecule is COC[C@@H]1C[C@@H](O)CN1C(=O)c1cccc2n[nH]nc12. The molecule has 7 nitrogen and oxygen atoms in total. The Kier molecular flexibility index (Phi) is 3.37. The molecule has 1 aliphatic heterocycles. The Morgan fingerprint density at radius 2 is 2.40 bits per heavy atom. The van der Waals surface area contributed by atoms with E-state index in [2.05, 4.69) is 15.4 Å². The van der Waals surface area contributed by atoms with E-state index in [0.717, 1.165) is 0 Å². The highest BCUT2D eigenvalue weighted by molar-refractivity contribution is 6.04. The fourth-order valence-corrected chi connectivity index (χ4v) is 2.69. The summed E-state index contributed by atoms with van der Waals surface area (Å²) in [6.07, 6.45) is 0.0320. The Hall–Kier alpha value is -1.99. The van der Waals surface area contributed by atoms with Crippen molar-refractivity contribution in [3.8, 4) is 0 Å². The molecule has 2 aromatic rings. The van der Waals surface area contributed by atoms with E-state index in [1.165, 1.54) is 0 Å². The average Bonchev–Trinajstić information content (AvgIpc) is 3.04. The average molecular weight is 276 g/mol. The van der Waals surface area contributed by atoms with Crippen molar-refractivity contribution in [1.29, 1.82) is 0 Å². The zero-order valence-corrected chi connectivity index (χ0v) is 11.1. The monoisotopic (exact) mass is 276 g/mol. The van der Waals surface area contributed by atoms with Gasteiger partial charge in [-0.05, 0) is 18.6 Å². The van der Waals surface area contributed by atoms with E-state index in [4.69, 9.17) is 4.74 Å². The predicted octanol–water partition coefficient (Wildman–Crippen LogP) is 0.180. The molecule has 2 heterocycles. The third-order valence-corrected chi connectivity index (χ3v) is 3.59. The van der Waals surface area contributed by atoms with Gasteiger partial charge < -0.3 is 14.7 Å². The lowest BCUT2D eigenvalue weighted by atomic mass is 10.1. The zero-order valence-electron chi connectivity index (χ0n) is 11.1. The van der Waals surface area contributed by atoms with E-state index >= 15 is 0 Å². The van der Waals surface area contributed by atoms with Gasteiger partial charge in [-0.3, -0.25) is 4.79 Å². The summed E-state index contributed by atoms with van der Waals surface area (Å²) in [5.74, 6) is -0.150. The number of aromatic amines is 1. The second-order valence-electron chi connectivity index (χ2n) is 4.95. The van der Waals surface area contributed by atoms with Crippen LogP contribution < -0.4 is 0 Å². The maximum absolute atomic E-state index is 12.7. The molecule has 0 saturated carbocycles. The van der Waals surface area contributed by atoms with Crippen LogP contribution in [0.15, 0.2) is 18.2 Å². The minimum Gasteiger partial charge on any atom is -0.391 e. The van der Waals surface area contributed by atoms with E-state index in [1.807, 2.05) is 0 Å². The molecule has 0 spiro atoms. The Balaban J connectivity index is 1.93. The highest BCUT2D eigenvalue weighted by Crippen LogP contribution is 2.23. The van der Waals surface area contributed by atoms with E-state index in [1.54, 1.807) is 30.2 Å². The van der Waals surface area contributed by atoms with E-state index in [0.29, 0.717) is 36.2 Å². The van der Waals surface area contributed by atoms with Gasteiger partial charge in [0.25, 0.3) is 5.91 Å². The smallest absolute Gasteiger partial charge is 0.256 e. The fraction of sp³-hybridized carbons (Fsp3) is 0.462. The summed E-state index contributed by atoms with van der Waals surface area (Å²) in [5.41, 5.74) is 1.69. The number of carbonyl (C=O) groups is 1. The van der Waals surface area contributed by atoms with Gasteiger partial charge in [0.05, 0.1) is 24.3 Å². The van der Waals surface area contributed by atoms with E-state index in [-0.39, 0.29) is 11.9 Å². The summed E-state index contributed by atoms with van der Waals surface area (Å²) >= 11 is 0. The number of hydrogen-bond acceptors (Lipinski definition) is 5. The second kappa shape index (κ2) is 5.18. The molecular weight excluding hydrogens is 260 g/mol. The minimum atomic E-state index is -0.504. The molecule has 0 aliphatic carbocycles. The van der Waals surface area contributed by atoms with Crippen LogP contribution in [0.25, 0.3) is 11.0 Å². The van der Waals surface area contributed by atoms with Crippen molar-refractivity contribution in [2.45, 2.75) is 18.6 Å². The predicted molar refractivity (Wildman–Crippen MR) is 71.2 cm³/mol. The number of para-hydroxylation sites is 1. The lowest BCUT2D eigenvalue weighted by Crippen LogP contribution is -2.38. The number of ether oxygens (including phenoxy) is 1. The quantitative estimate of drug-likeness (QED) is 0.834. The second-order valence-corrected chi connectivity index (χ2v) is 4.95. The number of aliphatic hydroxyl groups is 1. The molecule has 1 aromatic heterocycles. The first kappa shape index (κ1) is 13.0. The number of hydrogen-bond donors (Lipinski definition) is 2. The number of amides is 1. The number of rotatable bonds is 3. The van der Waals surface area contributed by atoms with Gasteiger partial charge in [0.15, 0.2) is 0 Å². The summed E-state index contributed by atoms with van der Waals surface area (Å²) in [6.45, 7) is 0.735. The third kappa shape index (κ3) is 2.14. The largest absolute Gasteiger partial charge is 0.391 e. The molecule has 7 heteroatoms. The molecule has 1 aromatic carbocycles. The van der Waals surface area contributed by atoms with Crippen LogP contribution in [0.2, 0.25) is 0 Å². The number of aliphatic hydroxyl groups excluding tert-OH is 1. The molecule has 1 fully saturated rings. The van der Waals surface area contributed by atoms with Crippen LogP contribution in [0.3, 0.4) is 0 Å². The lowest BCUT2D eigenvalue weighted by molar-refractivity contribution is 0.0624. The van der Waals surface area contributed by atoms with Crippen molar-refractivity contribution in [1.82, 2.24) is 20.3 Å². The molecule has 20 heavy (non-hydrogen) atoms. The van der Waals surface area contributed by atoms with Gasteiger partial charge in [0, 0.05) is 13.7 Å². The number of fused-ring (bicyclic) bond motifs is 1. The van der Waals surface area contributed by atoms with E-state index < -0.39 is 6.10 Å². The van der Waals surface area contributed by atoms with Gasteiger partial charge in [-0.2, -0.15) is 15.4 Å². The first-order valence-electron chi connectivity index (χ1n) is 6.48. The third-order valence-electron chi connectivity index (χ3n) is 3.59. The van der Waals surface area contributed by atoms with Crippen LogP contribution in [0, 0.1) is 0 Å². The van der Waals surface area contributed by atoms with E-state index in [9.17, 15) is 9.90 Å². The van der Waals surface area contributed by atoms with Crippen LogP contribution >= 0.6 is 0 Å². The highest BCUT2D eigenvalue weighted by atomic mass is 16.5. The fourth-order valence-electron chi connectivity index (χ4n) is 2.69.